The normalized spacial score (nSPS) is 12.4. The van der Waals surface area contributed by atoms with Crippen LogP contribution < -0.4 is 9.62 Å². The lowest BCUT2D eigenvalue weighted by atomic mass is 10.1. The number of sulfonamides is 1. The van der Waals surface area contributed by atoms with E-state index in [4.69, 9.17) is 46.4 Å². The van der Waals surface area contributed by atoms with Gasteiger partial charge in [0, 0.05) is 32.7 Å². The van der Waals surface area contributed by atoms with Gasteiger partial charge in [0.2, 0.25) is 21.8 Å². The minimum atomic E-state index is -3.91. The fourth-order valence-electron chi connectivity index (χ4n) is 3.12. The summed E-state index contributed by atoms with van der Waals surface area (Å²) in [6, 6.07) is 7.91. The molecular formula is C22H25Cl4N3O4S. The molecule has 0 aromatic heterocycles. The summed E-state index contributed by atoms with van der Waals surface area (Å²) in [5.74, 6) is -1.02. The largest absolute Gasteiger partial charge is 0.352 e. The molecule has 2 amide bonds. The summed E-state index contributed by atoms with van der Waals surface area (Å²) in [7, 11) is -3.91. The van der Waals surface area contributed by atoms with Crippen molar-refractivity contribution >= 4 is 73.9 Å². The van der Waals surface area contributed by atoms with E-state index in [1.54, 1.807) is 32.9 Å². The highest BCUT2D eigenvalue weighted by atomic mass is 35.5. The number of nitrogens with one attached hydrogen (secondary N) is 1. The van der Waals surface area contributed by atoms with Crippen molar-refractivity contribution in [1.29, 1.82) is 0 Å². The maximum atomic E-state index is 13.5. The molecule has 0 saturated heterocycles. The second-order valence-electron chi connectivity index (χ2n) is 7.99. The minimum Gasteiger partial charge on any atom is -0.352 e. The Morgan fingerprint density at radius 3 is 2.03 bits per heavy atom. The molecule has 186 valence electrons. The van der Waals surface area contributed by atoms with Gasteiger partial charge in [0.25, 0.3) is 0 Å². The SMILES string of the molecule is CC(C)NC(=O)C(C)N(Cc1ccc(Cl)cc1Cl)C(=O)CN(c1cc(Cl)cc(Cl)c1)S(C)(=O)=O. The third kappa shape index (κ3) is 7.92. The van der Waals surface area contributed by atoms with Crippen LogP contribution in [0.3, 0.4) is 0 Å². The summed E-state index contributed by atoms with van der Waals surface area (Å²) in [5, 5.41) is 3.90. The highest BCUT2D eigenvalue weighted by molar-refractivity contribution is 7.92. The number of carbonyl (C=O) groups is 2. The lowest BCUT2D eigenvalue weighted by Crippen LogP contribution is -2.52. The van der Waals surface area contributed by atoms with E-state index in [0.29, 0.717) is 15.6 Å². The Hall–Kier alpha value is -1.71. The molecule has 1 N–H and O–H groups in total. The van der Waals surface area contributed by atoms with Gasteiger partial charge in [0.15, 0.2) is 0 Å². The van der Waals surface area contributed by atoms with Crippen LogP contribution in [0.5, 0.6) is 0 Å². The summed E-state index contributed by atoms with van der Waals surface area (Å²) in [6.45, 7) is 4.51. The number of halogens is 4. The van der Waals surface area contributed by atoms with Crippen molar-refractivity contribution in [3.8, 4) is 0 Å². The molecule has 34 heavy (non-hydrogen) atoms. The van der Waals surface area contributed by atoms with E-state index in [0.717, 1.165) is 10.6 Å². The zero-order valence-corrected chi connectivity index (χ0v) is 22.8. The van der Waals surface area contributed by atoms with Crippen LogP contribution in [0, 0.1) is 0 Å². The Labute approximate surface area is 220 Å². The van der Waals surface area contributed by atoms with Gasteiger partial charge in [0.05, 0.1) is 11.9 Å². The van der Waals surface area contributed by atoms with Gasteiger partial charge in [0.1, 0.15) is 12.6 Å². The predicted molar refractivity (Wildman–Crippen MR) is 138 cm³/mol. The average Bonchev–Trinajstić information content (AvgIpc) is 2.68. The molecule has 0 aliphatic heterocycles. The molecule has 0 bridgehead atoms. The van der Waals surface area contributed by atoms with E-state index >= 15 is 0 Å². The fourth-order valence-corrected chi connectivity index (χ4v) is 4.93. The first kappa shape index (κ1) is 28.5. The third-order valence-electron chi connectivity index (χ3n) is 4.77. The molecule has 1 atom stereocenters. The highest BCUT2D eigenvalue weighted by Gasteiger charge is 2.31. The van der Waals surface area contributed by atoms with E-state index in [1.807, 2.05) is 0 Å². The molecule has 1 unspecified atom stereocenters. The molecule has 0 spiro atoms. The van der Waals surface area contributed by atoms with Crippen LogP contribution in [0.4, 0.5) is 5.69 Å². The predicted octanol–water partition coefficient (Wildman–Crippen LogP) is 5.01. The zero-order chi connectivity index (χ0) is 25.8. The molecule has 0 saturated carbocycles. The van der Waals surface area contributed by atoms with Gasteiger partial charge in [-0.15, -0.1) is 0 Å². The first-order valence-corrected chi connectivity index (χ1v) is 13.5. The molecule has 2 aromatic rings. The number of carbonyl (C=O) groups excluding carboxylic acids is 2. The molecule has 12 heteroatoms. The maximum absolute atomic E-state index is 13.5. The van der Waals surface area contributed by atoms with Gasteiger partial charge in [-0.1, -0.05) is 52.5 Å². The van der Waals surface area contributed by atoms with Crippen molar-refractivity contribution in [2.24, 2.45) is 0 Å². The third-order valence-corrected chi connectivity index (χ3v) is 6.93. The quantitative estimate of drug-likeness (QED) is 0.461. The average molecular weight is 569 g/mol. The van der Waals surface area contributed by atoms with Gasteiger partial charge in [-0.05, 0) is 56.7 Å². The number of benzene rings is 2. The molecule has 2 rings (SSSR count). The van der Waals surface area contributed by atoms with Crippen LogP contribution in [-0.4, -0.2) is 50.0 Å². The van der Waals surface area contributed by atoms with Gasteiger partial charge >= 0.3 is 0 Å². The Morgan fingerprint density at radius 1 is 0.941 bits per heavy atom. The topological polar surface area (TPSA) is 86.8 Å². The van der Waals surface area contributed by atoms with Crippen LogP contribution in [0.15, 0.2) is 36.4 Å². The van der Waals surface area contributed by atoms with Gasteiger partial charge < -0.3 is 10.2 Å². The minimum absolute atomic E-state index is 0.0462. The van der Waals surface area contributed by atoms with Crippen LogP contribution >= 0.6 is 46.4 Å². The monoisotopic (exact) mass is 567 g/mol. The maximum Gasteiger partial charge on any atom is 0.244 e. The number of nitrogens with zero attached hydrogens (tertiary/aromatic N) is 2. The zero-order valence-electron chi connectivity index (χ0n) is 19.0. The molecular weight excluding hydrogens is 544 g/mol. The Balaban J connectivity index is 2.46. The van der Waals surface area contributed by atoms with E-state index in [-0.39, 0.29) is 28.3 Å². The van der Waals surface area contributed by atoms with Gasteiger partial charge in [-0.2, -0.15) is 0 Å². The summed E-state index contributed by atoms with van der Waals surface area (Å²) in [5.41, 5.74) is 0.664. The van der Waals surface area contributed by atoms with Crippen LogP contribution in [0.2, 0.25) is 20.1 Å². The molecule has 7 nitrogen and oxygen atoms in total. The molecule has 2 aromatic carbocycles. The van der Waals surface area contributed by atoms with Crippen molar-refractivity contribution in [3.05, 3.63) is 62.1 Å². The first-order valence-electron chi connectivity index (χ1n) is 10.2. The smallest absolute Gasteiger partial charge is 0.244 e. The molecule has 0 fully saturated rings. The number of hydrogen-bond acceptors (Lipinski definition) is 4. The van der Waals surface area contributed by atoms with Gasteiger partial charge in [-0.25, -0.2) is 8.42 Å². The van der Waals surface area contributed by atoms with E-state index < -0.39 is 34.4 Å². The second-order valence-corrected chi connectivity index (χ2v) is 11.6. The fraction of sp³-hybridized carbons (Fsp3) is 0.364. The second kappa shape index (κ2) is 11.8. The Kier molecular flexibility index (Phi) is 9.91. The van der Waals surface area contributed by atoms with Crippen LogP contribution in [-0.2, 0) is 26.2 Å². The van der Waals surface area contributed by atoms with Crippen LogP contribution in [0.1, 0.15) is 26.3 Å². The first-order chi connectivity index (χ1) is 15.7. The summed E-state index contributed by atoms with van der Waals surface area (Å²) < 4.78 is 26.0. The molecule has 0 aliphatic rings. The number of anilines is 1. The van der Waals surface area contributed by atoms with E-state index in [1.165, 1.54) is 29.2 Å². The standard InChI is InChI=1S/C22H25Cl4N3O4S/c1-13(2)27-22(31)14(3)28(11-15-5-6-16(23)10-20(15)26)21(30)12-29(34(4,32)33)19-8-17(24)7-18(25)9-19/h5-10,13-14H,11-12H2,1-4H3,(H,27,31). The van der Waals surface area contributed by atoms with Crippen molar-refractivity contribution < 1.29 is 18.0 Å². The van der Waals surface area contributed by atoms with Crippen molar-refractivity contribution in [3.63, 3.8) is 0 Å². The lowest BCUT2D eigenvalue weighted by Gasteiger charge is -2.32. The van der Waals surface area contributed by atoms with Crippen molar-refractivity contribution in [2.45, 2.75) is 39.4 Å². The molecule has 0 aliphatic carbocycles. The molecule has 0 heterocycles. The lowest BCUT2D eigenvalue weighted by molar-refractivity contribution is -0.139. The molecule has 0 radical (unpaired) electrons. The Morgan fingerprint density at radius 2 is 1.53 bits per heavy atom. The van der Waals surface area contributed by atoms with Crippen LogP contribution in [0.25, 0.3) is 0 Å². The summed E-state index contributed by atoms with van der Waals surface area (Å²) in [4.78, 5) is 27.5. The van der Waals surface area contributed by atoms with Crippen molar-refractivity contribution in [1.82, 2.24) is 10.2 Å². The summed E-state index contributed by atoms with van der Waals surface area (Å²) in [6.07, 6.45) is 0.963. The number of hydrogen-bond donors (Lipinski definition) is 1. The Bertz CT molecular complexity index is 1150. The summed E-state index contributed by atoms with van der Waals surface area (Å²) >= 11 is 24.4. The number of amides is 2. The van der Waals surface area contributed by atoms with Crippen molar-refractivity contribution in [2.75, 3.05) is 17.1 Å². The van der Waals surface area contributed by atoms with Gasteiger partial charge in [-0.3, -0.25) is 13.9 Å². The van der Waals surface area contributed by atoms with E-state index in [2.05, 4.69) is 5.32 Å². The van der Waals surface area contributed by atoms with E-state index in [9.17, 15) is 18.0 Å². The number of rotatable bonds is 9. The highest BCUT2D eigenvalue weighted by Crippen LogP contribution is 2.28.